The van der Waals surface area contributed by atoms with Gasteiger partial charge in [0.15, 0.2) is 0 Å². The molecule has 1 N–H and O–H groups in total. The van der Waals surface area contributed by atoms with Crippen LogP contribution in [0, 0.1) is 6.92 Å². The van der Waals surface area contributed by atoms with Crippen molar-refractivity contribution >= 4 is 45.8 Å². The molecule has 1 aliphatic heterocycles. The van der Waals surface area contributed by atoms with Gasteiger partial charge >= 0.3 is 0 Å². The number of aromatic hydroxyl groups is 1. The summed E-state index contributed by atoms with van der Waals surface area (Å²) in [5.74, 6) is -0.277. The van der Waals surface area contributed by atoms with Crippen LogP contribution in [0.15, 0.2) is 97.3 Å². The molecule has 10 nitrogen and oxygen atoms in total. The van der Waals surface area contributed by atoms with Crippen molar-refractivity contribution in [3.63, 3.8) is 0 Å². The van der Waals surface area contributed by atoms with Gasteiger partial charge in [-0.2, -0.15) is 0 Å². The van der Waals surface area contributed by atoms with Gasteiger partial charge in [-0.25, -0.2) is 4.98 Å². The van der Waals surface area contributed by atoms with Crippen LogP contribution in [0.25, 0.3) is 22.3 Å². The lowest BCUT2D eigenvalue weighted by Crippen LogP contribution is -2.42. The van der Waals surface area contributed by atoms with Crippen LogP contribution < -0.4 is 4.90 Å². The first kappa shape index (κ1) is 36.9. The van der Waals surface area contributed by atoms with Gasteiger partial charge in [0.25, 0.3) is 11.8 Å². The van der Waals surface area contributed by atoms with Crippen molar-refractivity contribution in [3.8, 4) is 17.0 Å². The number of aromatic nitrogens is 3. The van der Waals surface area contributed by atoms with Gasteiger partial charge in [0, 0.05) is 91.2 Å². The van der Waals surface area contributed by atoms with E-state index in [-0.39, 0.29) is 23.6 Å². The zero-order valence-corrected chi connectivity index (χ0v) is 32.0. The number of ether oxygens (including phenoxy) is 1. The van der Waals surface area contributed by atoms with Gasteiger partial charge < -0.3 is 28.8 Å². The number of anilines is 2. The van der Waals surface area contributed by atoms with E-state index < -0.39 is 0 Å². The Morgan fingerprint density at radius 2 is 1.72 bits per heavy atom. The second-order valence-electron chi connectivity index (χ2n) is 14.1. The number of hydrogen-bond acceptors (Lipinski definition) is 6. The number of carbonyl (C=O) groups excluding carboxylic acids is 2. The highest BCUT2D eigenvalue weighted by Crippen LogP contribution is 2.37. The number of phenols is 1. The van der Waals surface area contributed by atoms with Gasteiger partial charge in [-0.3, -0.25) is 14.5 Å². The number of methoxy groups -OCH3 is 1. The summed E-state index contributed by atoms with van der Waals surface area (Å²) in [5, 5.41) is 11.5. The van der Waals surface area contributed by atoms with Crippen molar-refractivity contribution < 1.29 is 19.4 Å². The quantitative estimate of drug-likeness (QED) is 0.145. The number of amides is 2. The van der Waals surface area contributed by atoms with Crippen molar-refractivity contribution in [2.45, 2.75) is 39.4 Å². The molecule has 0 bridgehead atoms. The lowest BCUT2D eigenvalue weighted by atomic mass is 9.93. The minimum Gasteiger partial charge on any atom is -0.508 e. The summed E-state index contributed by atoms with van der Waals surface area (Å²) in [5.41, 5.74) is 7.44. The second kappa shape index (κ2) is 15.5. The first-order valence-electron chi connectivity index (χ1n) is 18.1. The second-order valence-corrected chi connectivity index (χ2v) is 14.5. The third-order valence-electron chi connectivity index (χ3n) is 10.5. The number of likely N-dealkylation sites (N-methyl/N-ethyl adjacent to an activating group) is 1. The minimum atomic E-state index is -0.279. The van der Waals surface area contributed by atoms with E-state index in [1.54, 1.807) is 54.6 Å². The molecule has 0 aliphatic carbocycles. The molecule has 278 valence electrons. The standard InChI is InChI=1S/C43H45ClN6O4/c1-28-22-30-8-6-7-9-32(30)27-49(28)42(52)37-15-10-33(44)24-39(37)40-25-38(29(2)48(40)19-18-46(3)20-21-54-5)43(53)50(34-11-13-36(51)14-12-34)35-23-31-16-17-47(4)41(31)45-26-35/h6-17,23-26,28,51H,18-22,27H2,1-5H3/t28-/m1/s1. The molecule has 0 radical (unpaired) electrons. The molecule has 1 atom stereocenters. The Bertz CT molecular complexity index is 2330. The van der Waals surface area contributed by atoms with Crippen LogP contribution >= 0.6 is 11.6 Å². The SMILES string of the molecule is COCCN(C)CCn1c(-c2cc(Cl)ccc2C(=O)N2Cc3ccccc3C[C@H]2C)cc(C(=O)N(c2ccc(O)cc2)c2cnc3c(ccn3C)c2)c1C. The molecule has 0 fully saturated rings. The summed E-state index contributed by atoms with van der Waals surface area (Å²) in [6.07, 6.45) is 4.39. The van der Waals surface area contributed by atoms with Gasteiger partial charge in [0.05, 0.1) is 24.1 Å². The van der Waals surface area contributed by atoms with Gasteiger partial charge in [0.1, 0.15) is 11.4 Å². The molecule has 11 heteroatoms. The Labute approximate surface area is 320 Å². The molecule has 0 saturated carbocycles. The lowest BCUT2D eigenvalue weighted by molar-refractivity contribution is 0.0659. The molecular weight excluding hydrogens is 700 g/mol. The predicted octanol–water partition coefficient (Wildman–Crippen LogP) is 7.85. The molecule has 1 aliphatic rings. The molecular formula is C43H45ClN6O4. The van der Waals surface area contributed by atoms with E-state index in [9.17, 15) is 9.90 Å². The fourth-order valence-electron chi connectivity index (χ4n) is 7.39. The van der Waals surface area contributed by atoms with E-state index in [0.717, 1.165) is 35.3 Å². The molecule has 7 rings (SSSR count). The maximum atomic E-state index is 15.1. The average Bonchev–Trinajstić information content (AvgIpc) is 3.71. The van der Waals surface area contributed by atoms with Crippen molar-refractivity contribution in [2.24, 2.45) is 7.05 Å². The normalized spacial score (nSPS) is 14.1. The van der Waals surface area contributed by atoms with Crippen molar-refractivity contribution in [3.05, 3.63) is 130 Å². The number of benzene rings is 3. The van der Waals surface area contributed by atoms with Crippen molar-refractivity contribution in [1.82, 2.24) is 23.9 Å². The van der Waals surface area contributed by atoms with Gasteiger partial charge in [-0.15, -0.1) is 0 Å². The lowest BCUT2D eigenvalue weighted by Gasteiger charge is -2.35. The monoisotopic (exact) mass is 744 g/mol. The van der Waals surface area contributed by atoms with Crippen LogP contribution in [-0.4, -0.2) is 80.7 Å². The van der Waals surface area contributed by atoms with Gasteiger partial charge in [-0.1, -0.05) is 35.9 Å². The molecule has 0 unspecified atom stereocenters. The van der Waals surface area contributed by atoms with E-state index in [1.807, 2.05) is 73.1 Å². The number of nitrogens with zero attached hydrogens (tertiary/aromatic N) is 6. The Hall–Kier alpha value is -5.42. The fraction of sp³-hybridized carbons (Fsp3) is 0.279. The third-order valence-corrected chi connectivity index (χ3v) is 10.7. The molecule has 54 heavy (non-hydrogen) atoms. The van der Waals surface area contributed by atoms with Crippen molar-refractivity contribution in [2.75, 3.05) is 38.8 Å². The first-order chi connectivity index (χ1) is 26.0. The number of phenolic OH excluding ortho intramolecular Hbond substituents is 1. The summed E-state index contributed by atoms with van der Waals surface area (Å²) in [6.45, 7) is 7.06. The highest BCUT2D eigenvalue weighted by molar-refractivity contribution is 6.31. The number of fused-ring (bicyclic) bond motifs is 2. The Kier molecular flexibility index (Phi) is 10.6. The molecule has 3 aromatic carbocycles. The summed E-state index contributed by atoms with van der Waals surface area (Å²) in [6, 6.07) is 26.0. The number of halogens is 1. The molecule has 4 heterocycles. The van der Waals surface area contributed by atoms with Crippen LogP contribution in [0.1, 0.15) is 44.5 Å². The Morgan fingerprint density at radius 3 is 2.48 bits per heavy atom. The maximum Gasteiger partial charge on any atom is 0.264 e. The molecule has 6 aromatic rings. The average molecular weight is 745 g/mol. The van der Waals surface area contributed by atoms with Crippen molar-refractivity contribution in [1.29, 1.82) is 0 Å². The van der Waals surface area contributed by atoms with Crippen LogP contribution in [0.3, 0.4) is 0 Å². The first-order valence-corrected chi connectivity index (χ1v) is 18.5. The predicted molar refractivity (Wildman–Crippen MR) is 214 cm³/mol. The Balaban J connectivity index is 1.35. The summed E-state index contributed by atoms with van der Waals surface area (Å²) in [7, 11) is 5.65. The number of aryl methyl sites for hydroxylation is 1. The zero-order chi connectivity index (χ0) is 38.1. The van der Waals surface area contributed by atoms with Crippen LogP contribution in [0.5, 0.6) is 5.75 Å². The maximum absolute atomic E-state index is 15.1. The van der Waals surface area contributed by atoms with Crippen LogP contribution in [0.4, 0.5) is 11.4 Å². The topological polar surface area (TPSA) is 96.1 Å². The highest BCUT2D eigenvalue weighted by Gasteiger charge is 2.31. The largest absolute Gasteiger partial charge is 0.508 e. The molecule has 0 spiro atoms. The third kappa shape index (κ3) is 7.24. The van der Waals surface area contributed by atoms with Crippen LogP contribution in [-0.2, 0) is 31.3 Å². The number of pyridine rings is 1. The number of rotatable bonds is 11. The van der Waals surface area contributed by atoms with Gasteiger partial charge in [0.2, 0.25) is 0 Å². The Morgan fingerprint density at radius 1 is 0.963 bits per heavy atom. The highest BCUT2D eigenvalue weighted by atomic mass is 35.5. The zero-order valence-electron chi connectivity index (χ0n) is 31.3. The van der Waals surface area contributed by atoms with E-state index in [1.165, 1.54) is 5.56 Å². The van der Waals surface area contributed by atoms with E-state index in [4.69, 9.17) is 21.3 Å². The minimum absolute atomic E-state index is 0.00884. The van der Waals surface area contributed by atoms with E-state index in [2.05, 4.69) is 28.5 Å². The van der Waals surface area contributed by atoms with E-state index in [0.29, 0.717) is 65.0 Å². The molecule has 3 aromatic heterocycles. The fourth-order valence-corrected chi connectivity index (χ4v) is 7.57. The smallest absolute Gasteiger partial charge is 0.264 e. The summed E-state index contributed by atoms with van der Waals surface area (Å²) in [4.78, 5) is 40.1. The summed E-state index contributed by atoms with van der Waals surface area (Å²) >= 11 is 6.71. The number of carbonyl (C=O) groups is 2. The summed E-state index contributed by atoms with van der Waals surface area (Å²) < 4.78 is 9.37. The van der Waals surface area contributed by atoms with Crippen LogP contribution in [0.2, 0.25) is 5.02 Å². The molecule has 2 amide bonds. The van der Waals surface area contributed by atoms with E-state index >= 15 is 4.79 Å². The van der Waals surface area contributed by atoms with Gasteiger partial charge in [-0.05, 0) is 99.1 Å². The number of hydrogen-bond donors (Lipinski definition) is 1. The molecule has 0 saturated heterocycles.